The Balaban J connectivity index is 1.30. The van der Waals surface area contributed by atoms with E-state index in [1.54, 1.807) is 0 Å². The molecule has 38 nitrogen and oxygen atoms in total. The third kappa shape index (κ3) is 25.5. The zero-order chi connectivity index (χ0) is 67.3. The van der Waals surface area contributed by atoms with Crippen LogP contribution in [-0.2, 0) is 66.7 Å². The number of carbonyl (C=O) groups excluding carboxylic acids is 6. The Hall–Kier alpha value is -4.22. The van der Waals surface area contributed by atoms with Crippen LogP contribution in [0.25, 0.3) is 0 Å². The summed E-state index contributed by atoms with van der Waals surface area (Å²) in [7, 11) is 0. The molecule has 4 saturated heterocycles. The normalized spacial score (nSPS) is 32.5. The monoisotopic (exact) mass is 1320 g/mol. The zero-order valence-corrected chi connectivity index (χ0v) is 50.3. The maximum Gasteiger partial charge on any atom is 0.237 e. The molecule has 0 saturated carbocycles. The lowest BCUT2D eigenvalue weighted by molar-refractivity contribution is -0.300. The molecule has 38 heteroatoms. The molecule has 4 rings (SSSR count). The molecule has 4 fully saturated rings. The van der Waals surface area contributed by atoms with E-state index < -0.39 is 204 Å². The van der Waals surface area contributed by atoms with E-state index in [-0.39, 0.29) is 110 Å². The van der Waals surface area contributed by atoms with Crippen molar-refractivity contribution in [2.24, 2.45) is 5.73 Å². The van der Waals surface area contributed by atoms with Crippen LogP contribution in [0.1, 0.15) is 57.8 Å². The molecule has 4 aliphatic rings. The molecule has 0 aromatic carbocycles. The molecule has 24 N–H and O–H groups in total. The molecule has 0 bridgehead atoms. The molecule has 6 amide bonds. The Kier molecular flexibility index (Phi) is 36.2. The summed E-state index contributed by atoms with van der Waals surface area (Å²) < 4.78 is 43.0. The summed E-state index contributed by atoms with van der Waals surface area (Å²) in [6, 6.07) is -2.37. The van der Waals surface area contributed by atoms with E-state index >= 15 is 0 Å². The van der Waals surface area contributed by atoms with E-state index in [4.69, 9.17) is 43.6 Å². The number of nitrogens with two attached hydrogens (primary N) is 1. The van der Waals surface area contributed by atoms with E-state index in [0.717, 1.165) is 0 Å². The van der Waals surface area contributed by atoms with Crippen LogP contribution in [0.15, 0.2) is 0 Å². The smallest absolute Gasteiger partial charge is 0.237 e. The van der Waals surface area contributed by atoms with Crippen molar-refractivity contribution in [3.63, 3.8) is 0 Å². The fourth-order valence-corrected chi connectivity index (χ4v) is 9.84. The first-order valence-electron chi connectivity index (χ1n) is 30.2. The maximum absolute atomic E-state index is 14.2. The van der Waals surface area contributed by atoms with Crippen molar-refractivity contribution in [2.45, 2.75) is 193 Å². The number of aliphatic hydroxyl groups excluding tert-OH is 16. The number of carbonyl (C=O) groups is 6. The van der Waals surface area contributed by atoms with Crippen LogP contribution >= 0.6 is 0 Å². The van der Waals surface area contributed by atoms with Gasteiger partial charge in [0, 0.05) is 52.1 Å². The van der Waals surface area contributed by atoms with Gasteiger partial charge in [0.2, 0.25) is 35.4 Å². The molecule has 528 valence electrons. The predicted octanol–water partition coefficient (Wildman–Crippen LogP) is -13.5. The van der Waals surface area contributed by atoms with Crippen LogP contribution in [0.2, 0.25) is 0 Å². The molecule has 4 aliphatic heterocycles. The highest BCUT2D eigenvalue weighted by Gasteiger charge is 2.47. The average Bonchev–Trinajstić information content (AvgIpc) is 1.42. The number of hydrogen-bond acceptors (Lipinski definition) is 32. The van der Waals surface area contributed by atoms with Gasteiger partial charge in [-0.15, -0.1) is 0 Å². The fourth-order valence-electron chi connectivity index (χ4n) is 9.84. The van der Waals surface area contributed by atoms with Crippen molar-refractivity contribution in [1.29, 1.82) is 0 Å². The summed E-state index contributed by atoms with van der Waals surface area (Å²) in [5.74, 6) is -3.60. The van der Waals surface area contributed by atoms with Gasteiger partial charge in [-0.05, 0) is 38.5 Å². The molecular formula is C53H96N8O30. The molecule has 91 heavy (non-hydrogen) atoms. The number of aliphatic hydroxyl groups is 16. The Bertz CT molecular complexity index is 2090. The minimum atomic E-state index is -1.76. The van der Waals surface area contributed by atoms with E-state index in [1.165, 1.54) is 4.90 Å². The summed E-state index contributed by atoms with van der Waals surface area (Å²) in [5, 5.41) is 175. The van der Waals surface area contributed by atoms with Gasteiger partial charge >= 0.3 is 0 Å². The van der Waals surface area contributed by atoms with Crippen LogP contribution in [0, 0.1) is 0 Å². The second kappa shape index (κ2) is 41.6. The summed E-state index contributed by atoms with van der Waals surface area (Å²) >= 11 is 0. The Morgan fingerprint density at radius 2 is 0.681 bits per heavy atom. The maximum atomic E-state index is 14.2. The molecule has 0 aliphatic carbocycles. The van der Waals surface area contributed by atoms with Crippen LogP contribution < -0.4 is 37.6 Å². The van der Waals surface area contributed by atoms with E-state index in [0.29, 0.717) is 19.3 Å². The van der Waals surface area contributed by atoms with Gasteiger partial charge in [0.1, 0.15) is 97.7 Å². The summed E-state index contributed by atoms with van der Waals surface area (Å²) in [4.78, 5) is 80.4. The lowest BCUT2D eigenvalue weighted by Gasteiger charge is -2.39. The average molecular weight is 1330 g/mol. The second-order valence-corrected chi connectivity index (χ2v) is 22.1. The number of ether oxygens (including phenoxy) is 8. The van der Waals surface area contributed by atoms with Crippen LogP contribution in [0.4, 0.5) is 0 Å². The number of amides is 6. The number of unbranched alkanes of at least 4 members (excludes halogenated alkanes) is 3. The molecule has 22 atom stereocenters. The predicted molar refractivity (Wildman–Crippen MR) is 302 cm³/mol. The third-order valence-electron chi connectivity index (χ3n) is 15.3. The van der Waals surface area contributed by atoms with E-state index in [2.05, 4.69) is 31.9 Å². The topological polar surface area (TPSA) is 601 Å². The first-order valence-corrected chi connectivity index (χ1v) is 30.2. The van der Waals surface area contributed by atoms with Gasteiger partial charge in [-0.3, -0.25) is 33.7 Å². The van der Waals surface area contributed by atoms with Gasteiger partial charge in [0.05, 0.1) is 78.0 Å². The van der Waals surface area contributed by atoms with Crippen LogP contribution in [-0.4, -0.2) is 362 Å². The third-order valence-corrected chi connectivity index (χ3v) is 15.3. The summed E-state index contributed by atoms with van der Waals surface area (Å²) in [6.07, 6.45) is -29.3. The van der Waals surface area contributed by atoms with E-state index in [1.807, 2.05) is 0 Å². The first kappa shape index (κ1) is 79.2. The van der Waals surface area contributed by atoms with Crippen molar-refractivity contribution in [3.8, 4) is 0 Å². The summed E-state index contributed by atoms with van der Waals surface area (Å²) in [5.41, 5.74) is 6.05. The number of hydrogen-bond donors (Lipinski definition) is 23. The minimum absolute atomic E-state index is 0.0287. The fraction of sp³-hybridized carbons (Fsp3) is 0.887. The second-order valence-electron chi connectivity index (χ2n) is 22.1. The van der Waals surface area contributed by atoms with Crippen LogP contribution in [0.3, 0.4) is 0 Å². The van der Waals surface area contributed by atoms with Gasteiger partial charge in [0.15, 0.2) is 25.2 Å². The van der Waals surface area contributed by atoms with E-state index in [9.17, 15) is 110 Å². The van der Waals surface area contributed by atoms with Gasteiger partial charge in [0.25, 0.3) is 0 Å². The highest BCUT2D eigenvalue weighted by molar-refractivity contribution is 5.86. The van der Waals surface area contributed by atoms with Crippen molar-refractivity contribution in [1.82, 2.24) is 36.8 Å². The molecular weight excluding hydrogens is 1230 g/mol. The zero-order valence-electron chi connectivity index (χ0n) is 50.3. The molecule has 0 radical (unpaired) electrons. The first-order chi connectivity index (χ1) is 43.4. The Morgan fingerprint density at radius 1 is 0.363 bits per heavy atom. The lowest BCUT2D eigenvalue weighted by atomic mass is 9.99. The highest BCUT2D eigenvalue weighted by Crippen LogP contribution is 2.25. The van der Waals surface area contributed by atoms with Crippen molar-refractivity contribution >= 4 is 35.4 Å². The van der Waals surface area contributed by atoms with Gasteiger partial charge < -0.3 is 157 Å². The number of nitrogens with one attached hydrogen (secondary N) is 6. The highest BCUT2D eigenvalue weighted by atomic mass is 16.7. The number of rotatable bonds is 41. The van der Waals surface area contributed by atoms with Crippen molar-refractivity contribution in [3.05, 3.63) is 0 Å². The Morgan fingerprint density at radius 3 is 1.07 bits per heavy atom. The quantitative estimate of drug-likeness (QED) is 0.0253. The molecule has 0 unspecified atom stereocenters. The molecule has 4 heterocycles. The number of nitrogens with zero attached hydrogens (tertiary/aromatic N) is 1. The molecule has 0 aromatic rings. The standard InChI is InChI=1S/C53H96N8O30/c54-26(48(82)59-11-4-1-2-7-32(66)56-12-16-84-50-44(78)40(74)36(70)28(22-62)88-50)8-9-33(67)55-10-5-3-6-27(49(83)60-15-19-87-53-47(81)43(77)39(73)31(25-65)91-53)61(20-34(68)57-13-17-85-51-45(79)41(75)37(71)29(23-63)89-51)21-35(69)58-14-18-86-52-46(80)42(76)38(72)30(24-64)90-52/h26-31,36-47,50-53,62-65,70-81H,1-25,54H2,(H,55,67)(H,56,66)(H,57,68)(H,58,69)(H,59,82)(H,60,83)/t26-,27-,28+,29+,30+,31+,36+,37+,38+,39+,40-,41-,42-,43-,44-,45-,46-,47-,50-,51-,52-,53-/m0/s1. The van der Waals surface area contributed by atoms with Crippen LogP contribution in [0.5, 0.6) is 0 Å². The van der Waals surface area contributed by atoms with Gasteiger partial charge in [-0.25, -0.2) is 0 Å². The summed E-state index contributed by atoms with van der Waals surface area (Å²) in [6.45, 7) is -5.86. The molecule has 0 aromatic heterocycles. The minimum Gasteiger partial charge on any atom is -0.394 e. The Labute approximate surface area is 523 Å². The van der Waals surface area contributed by atoms with Crippen molar-refractivity contribution < 1.29 is 148 Å². The largest absolute Gasteiger partial charge is 0.394 e. The lowest BCUT2D eigenvalue weighted by Crippen LogP contribution is -2.59. The van der Waals surface area contributed by atoms with Gasteiger partial charge in [-0.1, -0.05) is 6.42 Å². The van der Waals surface area contributed by atoms with Gasteiger partial charge in [-0.2, -0.15) is 0 Å². The molecule has 0 spiro atoms. The van der Waals surface area contributed by atoms with Crippen molar-refractivity contribution in [2.75, 3.05) is 105 Å². The SMILES string of the molecule is N[C@@H](CCC(=O)NCCCC[C@@H](C(=O)NCCO[C@H]1O[C@H](CO)[C@@H](O)[C@H](O)[C@@H]1O)N(CC(=O)NCCO[C@H]1O[C@H](CO)[C@@H](O)[C@H](O)[C@@H]1O)CC(=O)NCCO[C@H]1O[C@H](CO)[C@@H](O)[C@H](O)[C@@H]1O)C(=O)NCCCCCC(=O)NCCO[C@H]1O[C@H](CO)[C@@H](O)[C@H](O)[C@@H]1O.